The van der Waals surface area contributed by atoms with Gasteiger partial charge in [0, 0.05) is 13.1 Å². The van der Waals surface area contributed by atoms with E-state index in [1.54, 1.807) is 12.1 Å². The van der Waals surface area contributed by atoms with Crippen molar-refractivity contribution in [1.29, 1.82) is 0 Å². The van der Waals surface area contributed by atoms with E-state index in [1.807, 2.05) is 0 Å². The maximum Gasteiger partial charge on any atom is 0.436 e. The molecule has 1 aromatic carbocycles. The molecule has 10 heteroatoms. The van der Waals surface area contributed by atoms with E-state index in [2.05, 4.69) is 10.4 Å². The maximum atomic E-state index is 12.8. The van der Waals surface area contributed by atoms with Crippen LogP contribution in [0.1, 0.15) is 28.2 Å². The van der Waals surface area contributed by atoms with Crippen LogP contribution in [0.25, 0.3) is 0 Å². The number of aromatic nitrogens is 2. The van der Waals surface area contributed by atoms with Crippen LogP contribution >= 0.6 is 34.8 Å². The second kappa shape index (κ2) is 7.85. The largest absolute Gasteiger partial charge is 0.436 e. The monoisotopic (exact) mass is 413 g/mol. The number of nitrogens with zero attached hydrogens (tertiary/aromatic N) is 2. The van der Waals surface area contributed by atoms with Gasteiger partial charge in [0.2, 0.25) is 0 Å². The van der Waals surface area contributed by atoms with Crippen molar-refractivity contribution in [2.75, 3.05) is 6.54 Å². The quantitative estimate of drug-likeness (QED) is 0.701. The van der Waals surface area contributed by atoms with Crippen LogP contribution in [0.5, 0.6) is 0 Å². The summed E-state index contributed by atoms with van der Waals surface area (Å²) >= 11 is 17.5. The Bertz CT molecular complexity index is 790. The van der Waals surface area contributed by atoms with Crippen molar-refractivity contribution in [2.24, 2.45) is 0 Å². The lowest BCUT2D eigenvalue weighted by Gasteiger charge is -2.08. The predicted molar refractivity (Wildman–Crippen MR) is 90.4 cm³/mol. The van der Waals surface area contributed by atoms with Crippen LogP contribution in [-0.4, -0.2) is 22.2 Å². The number of nitrogens with one attached hydrogen (secondary N) is 1. The molecule has 4 nitrogen and oxygen atoms in total. The number of halogens is 6. The first-order valence-corrected chi connectivity index (χ1v) is 8.28. The Kier molecular flexibility index (Phi) is 6.24. The first-order valence-electron chi connectivity index (χ1n) is 7.15. The minimum absolute atomic E-state index is 0.145. The van der Waals surface area contributed by atoms with Crippen LogP contribution in [0.15, 0.2) is 18.2 Å². The molecule has 0 aliphatic heterocycles. The lowest BCUT2D eigenvalue weighted by Crippen LogP contribution is -2.25. The molecule has 1 aromatic heterocycles. The van der Waals surface area contributed by atoms with Gasteiger partial charge in [-0.3, -0.25) is 9.48 Å². The van der Waals surface area contributed by atoms with Crippen LogP contribution in [0.3, 0.4) is 0 Å². The van der Waals surface area contributed by atoms with Gasteiger partial charge in [0.05, 0.1) is 26.3 Å². The van der Waals surface area contributed by atoms with E-state index in [4.69, 9.17) is 34.8 Å². The molecule has 0 aliphatic rings. The lowest BCUT2D eigenvalue weighted by atomic mass is 10.2. The highest BCUT2D eigenvalue weighted by atomic mass is 35.5. The number of hydrogen-bond acceptors (Lipinski definition) is 2. The van der Waals surface area contributed by atoms with Gasteiger partial charge in [-0.05, 0) is 25.5 Å². The van der Waals surface area contributed by atoms with Gasteiger partial charge in [-0.2, -0.15) is 18.3 Å². The van der Waals surface area contributed by atoms with Crippen LogP contribution in [-0.2, 0) is 12.7 Å². The number of aryl methyl sites for hydroxylation is 1. The van der Waals surface area contributed by atoms with Gasteiger partial charge in [0.25, 0.3) is 5.91 Å². The standard InChI is InChI=1S/C15H13Cl3F3N3O/c1-8-11(17)13(15(19,20)21)23-24(8)7-3-6-22-14(25)9-4-2-5-10(16)12(9)18/h2,4-5H,3,6-7H2,1H3,(H,22,25). The highest BCUT2D eigenvalue weighted by Crippen LogP contribution is 2.35. The van der Waals surface area contributed by atoms with Crippen molar-refractivity contribution in [1.82, 2.24) is 15.1 Å². The fourth-order valence-electron chi connectivity index (χ4n) is 2.13. The van der Waals surface area contributed by atoms with Gasteiger partial charge in [0.15, 0.2) is 5.69 Å². The number of hydrogen-bond donors (Lipinski definition) is 1. The molecular weight excluding hydrogens is 402 g/mol. The third-order valence-electron chi connectivity index (χ3n) is 3.43. The van der Waals surface area contributed by atoms with Crippen molar-refractivity contribution in [3.63, 3.8) is 0 Å². The molecule has 0 radical (unpaired) electrons. The van der Waals surface area contributed by atoms with Gasteiger partial charge in [-0.25, -0.2) is 0 Å². The summed E-state index contributed by atoms with van der Waals surface area (Å²) in [7, 11) is 0. The van der Waals surface area contributed by atoms with E-state index in [0.717, 1.165) is 0 Å². The molecule has 1 amide bonds. The molecular formula is C15H13Cl3F3N3O. The average Bonchev–Trinajstić information content (AvgIpc) is 2.82. The first-order chi connectivity index (χ1) is 11.6. The second-order valence-corrected chi connectivity index (χ2v) is 6.34. The summed E-state index contributed by atoms with van der Waals surface area (Å²) in [4.78, 5) is 12.0. The van der Waals surface area contributed by atoms with Crippen molar-refractivity contribution in [2.45, 2.75) is 26.1 Å². The molecule has 0 bridgehead atoms. The Balaban J connectivity index is 1.94. The Morgan fingerprint density at radius 3 is 2.52 bits per heavy atom. The number of amides is 1. The highest BCUT2D eigenvalue weighted by molar-refractivity contribution is 6.43. The van der Waals surface area contributed by atoms with Crippen molar-refractivity contribution in [3.05, 3.63) is 50.2 Å². The topological polar surface area (TPSA) is 46.9 Å². The minimum atomic E-state index is -4.61. The zero-order valence-corrected chi connectivity index (χ0v) is 15.2. The molecule has 0 saturated heterocycles. The Labute approximate surface area is 156 Å². The van der Waals surface area contributed by atoms with Gasteiger partial charge in [-0.15, -0.1) is 0 Å². The number of rotatable bonds is 5. The van der Waals surface area contributed by atoms with Crippen LogP contribution in [0.4, 0.5) is 13.2 Å². The zero-order valence-electron chi connectivity index (χ0n) is 12.9. The minimum Gasteiger partial charge on any atom is -0.352 e. The number of alkyl halides is 3. The molecule has 2 aromatic rings. The van der Waals surface area contributed by atoms with Crippen molar-refractivity contribution in [3.8, 4) is 0 Å². The third kappa shape index (κ3) is 4.59. The van der Waals surface area contributed by atoms with E-state index in [-0.39, 0.29) is 34.4 Å². The number of carbonyl (C=O) groups is 1. The number of carbonyl (C=O) groups excluding carboxylic acids is 1. The van der Waals surface area contributed by atoms with Crippen LogP contribution < -0.4 is 5.32 Å². The van der Waals surface area contributed by atoms with Gasteiger partial charge >= 0.3 is 6.18 Å². The Morgan fingerprint density at radius 2 is 1.92 bits per heavy atom. The average molecular weight is 415 g/mol. The van der Waals surface area contributed by atoms with E-state index in [0.29, 0.717) is 6.42 Å². The summed E-state index contributed by atoms with van der Waals surface area (Å²) in [6.45, 7) is 1.85. The third-order valence-corrected chi connectivity index (χ3v) is 4.70. The van der Waals surface area contributed by atoms with Crippen molar-refractivity contribution >= 4 is 40.7 Å². The van der Waals surface area contributed by atoms with E-state index in [9.17, 15) is 18.0 Å². The summed E-state index contributed by atoms with van der Waals surface area (Å²) in [6, 6.07) is 4.68. The molecule has 0 atom stereocenters. The molecule has 0 fully saturated rings. The zero-order chi connectivity index (χ0) is 18.8. The predicted octanol–water partition coefficient (Wildman–Crippen LogP) is 4.99. The molecule has 0 unspecified atom stereocenters. The fraction of sp³-hybridized carbons (Fsp3) is 0.333. The van der Waals surface area contributed by atoms with Gasteiger partial charge in [-0.1, -0.05) is 40.9 Å². The second-order valence-electron chi connectivity index (χ2n) is 5.18. The molecule has 0 spiro atoms. The van der Waals surface area contributed by atoms with Crippen molar-refractivity contribution < 1.29 is 18.0 Å². The molecule has 0 saturated carbocycles. The summed E-state index contributed by atoms with van der Waals surface area (Å²) in [6.07, 6.45) is -4.25. The fourth-order valence-corrected chi connectivity index (χ4v) is 2.76. The lowest BCUT2D eigenvalue weighted by molar-refractivity contribution is -0.141. The summed E-state index contributed by atoms with van der Waals surface area (Å²) in [5.41, 5.74) is -0.661. The molecule has 136 valence electrons. The molecule has 25 heavy (non-hydrogen) atoms. The smallest absolute Gasteiger partial charge is 0.352 e. The SMILES string of the molecule is Cc1c(Cl)c(C(F)(F)F)nn1CCCNC(=O)c1cccc(Cl)c1Cl. The Morgan fingerprint density at radius 1 is 1.24 bits per heavy atom. The van der Waals surface area contributed by atoms with Gasteiger partial charge in [0.1, 0.15) is 0 Å². The Hall–Kier alpha value is -1.44. The van der Waals surface area contributed by atoms with E-state index >= 15 is 0 Å². The first kappa shape index (κ1) is 19.9. The highest BCUT2D eigenvalue weighted by Gasteiger charge is 2.38. The number of benzene rings is 1. The maximum absolute atomic E-state index is 12.8. The van der Waals surface area contributed by atoms with E-state index in [1.165, 1.54) is 17.7 Å². The summed E-state index contributed by atoms with van der Waals surface area (Å²) in [5, 5.41) is 6.11. The summed E-state index contributed by atoms with van der Waals surface area (Å²) in [5.74, 6) is -0.418. The normalized spacial score (nSPS) is 11.6. The van der Waals surface area contributed by atoms with E-state index < -0.39 is 22.8 Å². The van der Waals surface area contributed by atoms with Gasteiger partial charge < -0.3 is 5.32 Å². The molecule has 1 heterocycles. The molecule has 1 N–H and O–H groups in total. The van der Waals surface area contributed by atoms with Crippen LogP contribution in [0.2, 0.25) is 15.1 Å². The molecule has 2 rings (SSSR count). The molecule has 0 aliphatic carbocycles. The van der Waals surface area contributed by atoms with Crippen LogP contribution in [0, 0.1) is 6.92 Å². The summed E-state index contributed by atoms with van der Waals surface area (Å²) < 4.78 is 39.4.